The summed E-state index contributed by atoms with van der Waals surface area (Å²) >= 11 is 6.01. The van der Waals surface area contributed by atoms with E-state index in [1.807, 2.05) is 43.0 Å². The second-order valence-corrected chi connectivity index (χ2v) is 5.73. The molecule has 1 aliphatic heterocycles. The van der Waals surface area contributed by atoms with Crippen molar-refractivity contribution < 1.29 is 9.53 Å². The minimum absolute atomic E-state index is 0.0934. The van der Waals surface area contributed by atoms with E-state index < -0.39 is 0 Å². The summed E-state index contributed by atoms with van der Waals surface area (Å²) in [6.45, 7) is 7.27. The van der Waals surface area contributed by atoms with Crippen LogP contribution in [-0.4, -0.2) is 43.2 Å². The second-order valence-electron chi connectivity index (χ2n) is 5.29. The van der Waals surface area contributed by atoms with Crippen LogP contribution in [0.25, 0.3) is 0 Å². The molecule has 4 nitrogen and oxygen atoms in total. The Labute approximate surface area is 131 Å². The van der Waals surface area contributed by atoms with Gasteiger partial charge in [-0.2, -0.15) is 0 Å². The number of nitrogens with zero attached hydrogens (tertiary/aromatic N) is 1. The minimum atomic E-state index is -0.0934. The highest BCUT2D eigenvalue weighted by molar-refractivity contribution is 6.30. The first-order valence-electron chi connectivity index (χ1n) is 7.50. The van der Waals surface area contributed by atoms with E-state index in [-0.39, 0.29) is 17.9 Å². The number of halogens is 1. The lowest BCUT2D eigenvalue weighted by Gasteiger charge is -2.27. The van der Waals surface area contributed by atoms with Gasteiger partial charge < -0.3 is 15.0 Å². The minimum Gasteiger partial charge on any atom is -0.379 e. The normalized spacial score (nSPS) is 21.5. The predicted molar refractivity (Wildman–Crippen MR) is 84.3 cm³/mol. The first-order valence-corrected chi connectivity index (χ1v) is 7.87. The number of carbonyl (C=O) groups excluding carboxylic acids is 1. The van der Waals surface area contributed by atoms with E-state index in [0.717, 1.165) is 12.1 Å². The highest BCUT2D eigenvalue weighted by atomic mass is 35.5. The Bertz CT molecular complexity index is 481. The molecular formula is C16H23ClN2O2. The molecular weight excluding hydrogens is 288 g/mol. The van der Waals surface area contributed by atoms with Gasteiger partial charge in [0, 0.05) is 24.2 Å². The maximum atomic E-state index is 12.7. The fraction of sp³-hybridized carbons (Fsp3) is 0.562. The molecule has 1 fully saturated rings. The smallest absolute Gasteiger partial charge is 0.229 e. The lowest BCUT2D eigenvalue weighted by Crippen LogP contribution is -2.45. The summed E-state index contributed by atoms with van der Waals surface area (Å²) in [6, 6.07) is 7.78. The molecule has 0 spiro atoms. The Morgan fingerprint density at radius 1 is 1.43 bits per heavy atom. The fourth-order valence-electron chi connectivity index (χ4n) is 2.70. The molecule has 0 bridgehead atoms. The molecule has 1 aliphatic rings. The van der Waals surface area contributed by atoms with E-state index in [2.05, 4.69) is 5.32 Å². The number of hydrogen-bond acceptors (Lipinski definition) is 3. The van der Waals surface area contributed by atoms with Gasteiger partial charge in [-0.1, -0.05) is 30.7 Å². The summed E-state index contributed by atoms with van der Waals surface area (Å²) in [5.41, 5.74) is 1.05. The number of benzene rings is 1. The second kappa shape index (κ2) is 7.78. The molecule has 116 valence electrons. The average Bonchev–Trinajstić information content (AvgIpc) is 2.93. The molecule has 21 heavy (non-hydrogen) atoms. The molecule has 0 aliphatic carbocycles. The van der Waals surface area contributed by atoms with Gasteiger partial charge in [-0.3, -0.25) is 4.79 Å². The van der Waals surface area contributed by atoms with Gasteiger partial charge in [0.1, 0.15) is 0 Å². The molecule has 5 heteroatoms. The van der Waals surface area contributed by atoms with Crippen LogP contribution in [0.3, 0.4) is 0 Å². The molecule has 2 unspecified atom stereocenters. The van der Waals surface area contributed by atoms with Gasteiger partial charge in [0.15, 0.2) is 0 Å². The number of likely N-dealkylation sites (N-methyl/N-ethyl adjacent to an activating group) is 1. The molecule has 2 atom stereocenters. The molecule has 1 aromatic rings. The molecule has 2 rings (SSSR count). The molecule has 1 N–H and O–H groups in total. The molecule has 1 heterocycles. The van der Waals surface area contributed by atoms with E-state index in [1.54, 1.807) is 0 Å². The Hall–Kier alpha value is -1.10. The van der Waals surface area contributed by atoms with Gasteiger partial charge in [-0.15, -0.1) is 0 Å². The molecule has 1 amide bonds. The summed E-state index contributed by atoms with van der Waals surface area (Å²) in [5.74, 6) is 0.0602. The van der Waals surface area contributed by atoms with Gasteiger partial charge in [0.25, 0.3) is 0 Å². The van der Waals surface area contributed by atoms with Crippen molar-refractivity contribution >= 4 is 17.5 Å². The largest absolute Gasteiger partial charge is 0.379 e. The lowest BCUT2D eigenvalue weighted by atomic mass is 10.0. The number of carbonyl (C=O) groups is 1. The maximum absolute atomic E-state index is 12.7. The number of amides is 1. The van der Waals surface area contributed by atoms with Gasteiger partial charge >= 0.3 is 0 Å². The van der Waals surface area contributed by atoms with Crippen LogP contribution in [0.5, 0.6) is 0 Å². The SMILES string of the molecule is CCNC1COCC1C(=O)N(CC)Cc1cccc(Cl)c1. The Kier molecular flexibility index (Phi) is 6.03. The maximum Gasteiger partial charge on any atom is 0.229 e. The molecule has 0 radical (unpaired) electrons. The molecule has 0 saturated carbocycles. The van der Waals surface area contributed by atoms with Crippen LogP contribution >= 0.6 is 11.6 Å². The number of hydrogen-bond donors (Lipinski definition) is 1. The monoisotopic (exact) mass is 310 g/mol. The Morgan fingerprint density at radius 2 is 2.24 bits per heavy atom. The highest BCUT2D eigenvalue weighted by Gasteiger charge is 2.35. The van der Waals surface area contributed by atoms with Gasteiger partial charge in [-0.05, 0) is 31.2 Å². The van der Waals surface area contributed by atoms with Crippen LogP contribution in [0.1, 0.15) is 19.4 Å². The summed E-state index contributed by atoms with van der Waals surface area (Å²) in [5, 5.41) is 4.03. The summed E-state index contributed by atoms with van der Waals surface area (Å²) in [7, 11) is 0. The summed E-state index contributed by atoms with van der Waals surface area (Å²) < 4.78 is 5.48. The van der Waals surface area contributed by atoms with Crippen molar-refractivity contribution in [2.75, 3.05) is 26.3 Å². The van der Waals surface area contributed by atoms with E-state index in [4.69, 9.17) is 16.3 Å². The first kappa shape index (κ1) is 16.3. The summed E-state index contributed by atoms with van der Waals surface area (Å²) in [4.78, 5) is 14.6. The van der Waals surface area contributed by atoms with Gasteiger partial charge in [-0.25, -0.2) is 0 Å². The highest BCUT2D eigenvalue weighted by Crippen LogP contribution is 2.19. The topological polar surface area (TPSA) is 41.6 Å². The van der Waals surface area contributed by atoms with Crippen LogP contribution in [0, 0.1) is 5.92 Å². The molecule has 1 saturated heterocycles. The standard InChI is InChI=1S/C16H23ClN2O2/c1-3-18-15-11-21-10-14(15)16(20)19(4-2)9-12-6-5-7-13(17)8-12/h5-8,14-15,18H,3-4,9-11H2,1-2H3. The van der Waals surface area contributed by atoms with Crippen molar-refractivity contribution in [3.8, 4) is 0 Å². The third kappa shape index (κ3) is 4.19. The number of ether oxygens (including phenoxy) is 1. The van der Waals surface area contributed by atoms with Crippen molar-refractivity contribution in [1.82, 2.24) is 10.2 Å². The molecule has 0 aromatic heterocycles. The zero-order valence-electron chi connectivity index (χ0n) is 12.6. The first-order chi connectivity index (χ1) is 10.2. The van der Waals surface area contributed by atoms with Gasteiger partial charge in [0.05, 0.1) is 19.1 Å². The third-order valence-corrected chi connectivity index (χ3v) is 4.05. The van der Waals surface area contributed by atoms with E-state index >= 15 is 0 Å². The van der Waals surface area contributed by atoms with Crippen LogP contribution < -0.4 is 5.32 Å². The zero-order valence-corrected chi connectivity index (χ0v) is 13.4. The van der Waals surface area contributed by atoms with Crippen molar-refractivity contribution in [3.63, 3.8) is 0 Å². The Morgan fingerprint density at radius 3 is 2.90 bits per heavy atom. The Balaban J connectivity index is 2.04. The van der Waals surface area contributed by atoms with E-state index in [1.165, 1.54) is 0 Å². The van der Waals surface area contributed by atoms with Crippen LogP contribution in [0.2, 0.25) is 5.02 Å². The van der Waals surface area contributed by atoms with Gasteiger partial charge in [0.2, 0.25) is 5.91 Å². The summed E-state index contributed by atoms with van der Waals surface area (Å²) in [6.07, 6.45) is 0. The predicted octanol–water partition coefficient (Wildman–Crippen LogP) is 2.31. The number of rotatable bonds is 6. The van der Waals surface area contributed by atoms with E-state index in [0.29, 0.717) is 31.3 Å². The average molecular weight is 311 g/mol. The fourth-order valence-corrected chi connectivity index (χ4v) is 2.91. The van der Waals surface area contributed by atoms with Crippen molar-refractivity contribution in [1.29, 1.82) is 0 Å². The lowest BCUT2D eigenvalue weighted by molar-refractivity contribution is -0.136. The zero-order chi connectivity index (χ0) is 15.2. The van der Waals surface area contributed by atoms with Crippen LogP contribution in [0.4, 0.5) is 0 Å². The quantitative estimate of drug-likeness (QED) is 0.876. The number of nitrogens with one attached hydrogen (secondary N) is 1. The van der Waals surface area contributed by atoms with Crippen molar-refractivity contribution in [2.45, 2.75) is 26.4 Å². The van der Waals surface area contributed by atoms with Crippen molar-refractivity contribution in [2.24, 2.45) is 5.92 Å². The third-order valence-electron chi connectivity index (χ3n) is 3.82. The van der Waals surface area contributed by atoms with E-state index in [9.17, 15) is 4.79 Å². The van der Waals surface area contributed by atoms with Crippen LogP contribution in [0.15, 0.2) is 24.3 Å². The van der Waals surface area contributed by atoms with Crippen molar-refractivity contribution in [3.05, 3.63) is 34.9 Å². The van der Waals surface area contributed by atoms with Crippen LogP contribution in [-0.2, 0) is 16.1 Å². The molecule has 1 aromatic carbocycles.